The Morgan fingerprint density at radius 1 is 1.05 bits per heavy atom. The van der Waals surface area contributed by atoms with Crippen molar-refractivity contribution in [1.29, 1.82) is 0 Å². The summed E-state index contributed by atoms with van der Waals surface area (Å²) >= 11 is 1.75. The van der Waals surface area contributed by atoms with Gasteiger partial charge in [-0.1, -0.05) is 0 Å². The van der Waals surface area contributed by atoms with Crippen molar-refractivity contribution in [2.75, 3.05) is 0 Å². The molecule has 1 atom stereocenters. The van der Waals surface area contributed by atoms with Gasteiger partial charge >= 0.3 is 122 Å². The maximum absolute atomic E-state index is 5.32. The summed E-state index contributed by atoms with van der Waals surface area (Å²) in [6.07, 6.45) is 0. The van der Waals surface area contributed by atoms with E-state index < -0.39 is 0 Å². The fourth-order valence-corrected chi connectivity index (χ4v) is 3.03. The van der Waals surface area contributed by atoms with Crippen molar-refractivity contribution in [3.63, 3.8) is 0 Å². The number of rotatable bonds is 3. The van der Waals surface area contributed by atoms with Gasteiger partial charge in [-0.25, -0.2) is 0 Å². The smallest absolute Gasteiger partial charge is 0.147 e. The Morgan fingerprint density at radius 2 is 1.65 bits per heavy atom. The largest absolute Gasteiger partial charge is 0.147 e. The molecule has 2 rings (SSSR count). The van der Waals surface area contributed by atoms with Crippen molar-refractivity contribution in [3.05, 3.63) is 52.1 Å². The molecule has 0 radical (unpaired) electrons. The number of allylic oxidation sites excluding steroid dienone is 4. The second-order valence-electron chi connectivity index (χ2n) is 5.01. The van der Waals surface area contributed by atoms with Crippen LogP contribution in [0.25, 0.3) is 5.57 Å². The summed E-state index contributed by atoms with van der Waals surface area (Å²) in [5.74, 6) is 0.517. The van der Waals surface area contributed by atoms with Crippen molar-refractivity contribution in [3.8, 4) is 0 Å². The molecule has 0 aliphatic heterocycles. The van der Waals surface area contributed by atoms with Gasteiger partial charge in [-0.05, 0) is 0 Å². The molecule has 0 fully saturated rings. The van der Waals surface area contributed by atoms with E-state index in [1.54, 1.807) is 20.8 Å². The zero-order valence-corrected chi connectivity index (χ0v) is 15.5. The van der Waals surface area contributed by atoms with E-state index in [1.807, 2.05) is 0 Å². The fourth-order valence-electron chi connectivity index (χ4n) is 2.79. The third-order valence-corrected chi connectivity index (χ3v) is 4.40. The molecule has 1 aliphatic carbocycles. The van der Waals surface area contributed by atoms with E-state index >= 15 is 0 Å². The summed E-state index contributed by atoms with van der Waals surface area (Å²) in [5.41, 5.74) is 8.48. The van der Waals surface area contributed by atoms with Gasteiger partial charge < -0.3 is 0 Å². The summed E-state index contributed by atoms with van der Waals surface area (Å²) in [4.78, 5) is 0. The first-order valence-corrected chi connectivity index (χ1v) is 6.97. The van der Waals surface area contributed by atoms with Gasteiger partial charge in [-0.2, -0.15) is 0 Å². The molecule has 0 amide bonds. The van der Waals surface area contributed by atoms with Gasteiger partial charge in [0.1, 0.15) is 0 Å². The Hall–Kier alpha value is -0.0457. The van der Waals surface area contributed by atoms with Crippen LogP contribution in [-0.2, 0) is 30.7 Å². The van der Waals surface area contributed by atoms with Crippen molar-refractivity contribution >= 4 is 30.4 Å². The van der Waals surface area contributed by atoms with Crippen molar-refractivity contribution < 1.29 is 24.1 Å². The molecule has 0 heterocycles. The van der Waals surface area contributed by atoms with Gasteiger partial charge in [-0.3, -0.25) is 0 Å². The van der Waals surface area contributed by atoms with E-state index in [4.69, 9.17) is 3.32 Å². The van der Waals surface area contributed by atoms with E-state index in [2.05, 4.69) is 52.0 Å². The minimum Gasteiger partial charge on any atom is -0.147 e. The SMILES string of the molecule is CC1=C(C)C(C)C(c2ccccc2C[O][Ti])=C1C.Cl.Cl. The Morgan fingerprint density at radius 3 is 2.15 bits per heavy atom. The first-order chi connectivity index (χ1) is 8.57. The molecular weight excluding hydrogens is 327 g/mol. The van der Waals surface area contributed by atoms with Crippen LogP contribution in [0.4, 0.5) is 0 Å². The van der Waals surface area contributed by atoms with E-state index in [9.17, 15) is 0 Å². The zero-order chi connectivity index (χ0) is 13.3. The summed E-state index contributed by atoms with van der Waals surface area (Å²) in [6.45, 7) is 9.69. The van der Waals surface area contributed by atoms with Gasteiger partial charge in [0.25, 0.3) is 0 Å². The molecule has 1 aromatic rings. The molecule has 0 saturated heterocycles. The third kappa shape index (κ3) is 3.58. The fraction of sp³-hybridized carbons (Fsp3) is 0.375. The van der Waals surface area contributed by atoms with Gasteiger partial charge in [0.2, 0.25) is 0 Å². The Kier molecular flexibility index (Phi) is 8.39. The van der Waals surface area contributed by atoms with E-state index in [-0.39, 0.29) is 24.8 Å². The van der Waals surface area contributed by atoms with Crippen LogP contribution in [0.15, 0.2) is 41.0 Å². The molecule has 0 N–H and O–H groups in total. The van der Waals surface area contributed by atoms with Crippen LogP contribution in [0.1, 0.15) is 38.8 Å². The third-order valence-electron chi connectivity index (χ3n) is 4.18. The molecule has 0 saturated carbocycles. The van der Waals surface area contributed by atoms with E-state index in [0.717, 1.165) is 0 Å². The van der Waals surface area contributed by atoms with Gasteiger partial charge in [0.05, 0.1) is 0 Å². The van der Waals surface area contributed by atoms with Crippen LogP contribution < -0.4 is 0 Å². The topological polar surface area (TPSA) is 9.23 Å². The quantitative estimate of drug-likeness (QED) is 0.677. The van der Waals surface area contributed by atoms with E-state index in [0.29, 0.717) is 12.5 Å². The summed E-state index contributed by atoms with van der Waals surface area (Å²) < 4.78 is 5.32. The van der Waals surface area contributed by atoms with Crippen LogP contribution in [0.2, 0.25) is 0 Å². The van der Waals surface area contributed by atoms with Crippen LogP contribution in [0, 0.1) is 5.92 Å². The van der Waals surface area contributed by atoms with Crippen molar-refractivity contribution in [2.45, 2.75) is 34.3 Å². The summed E-state index contributed by atoms with van der Waals surface area (Å²) in [5, 5.41) is 0. The molecule has 0 aromatic heterocycles. The van der Waals surface area contributed by atoms with Gasteiger partial charge in [0.15, 0.2) is 0 Å². The summed E-state index contributed by atoms with van der Waals surface area (Å²) in [7, 11) is 0. The average molecular weight is 348 g/mol. The molecule has 109 valence electrons. The molecule has 1 nitrogen and oxygen atoms in total. The normalized spacial score (nSPS) is 17.9. The predicted octanol–water partition coefficient (Wildman–Crippen LogP) is 5.27. The van der Waals surface area contributed by atoms with Gasteiger partial charge in [-0.15, -0.1) is 24.8 Å². The second kappa shape index (κ2) is 8.41. The summed E-state index contributed by atoms with van der Waals surface area (Å²) in [6, 6.07) is 8.58. The Balaban J connectivity index is 0.00000180. The standard InChI is InChI=1S/C16H19O.2ClH.Ti/c1-10-11(2)13(4)16(12(10)3)15-8-6-5-7-14(15)9-17;;;/h5-8,12H,9H2,1-4H3;2*1H;/q-1;;;+1. The van der Waals surface area contributed by atoms with Crippen LogP contribution >= 0.6 is 24.8 Å². The van der Waals surface area contributed by atoms with E-state index in [1.165, 1.54) is 33.4 Å². The predicted molar refractivity (Wildman–Crippen MR) is 85.9 cm³/mol. The number of benzene rings is 1. The zero-order valence-electron chi connectivity index (χ0n) is 12.3. The van der Waals surface area contributed by atoms with Gasteiger partial charge in [0, 0.05) is 0 Å². The van der Waals surface area contributed by atoms with Crippen LogP contribution in [-0.4, -0.2) is 0 Å². The first-order valence-electron chi connectivity index (χ1n) is 6.33. The molecule has 1 aromatic carbocycles. The monoisotopic (exact) mass is 347 g/mol. The van der Waals surface area contributed by atoms with Crippen LogP contribution in [0.3, 0.4) is 0 Å². The molecular formula is C16H21Cl2OTi. The average Bonchev–Trinajstić information content (AvgIpc) is 2.56. The Labute approximate surface area is 146 Å². The maximum Gasteiger partial charge on any atom is -0.147 e. The van der Waals surface area contributed by atoms with Crippen molar-refractivity contribution in [2.24, 2.45) is 5.92 Å². The number of hydrogen-bond donors (Lipinski definition) is 0. The molecule has 0 spiro atoms. The minimum absolute atomic E-state index is 0. The Bertz CT molecular complexity index is 535. The maximum atomic E-state index is 5.32. The molecule has 1 aliphatic rings. The molecule has 1 unspecified atom stereocenters. The first kappa shape index (κ1) is 20.0. The van der Waals surface area contributed by atoms with Crippen molar-refractivity contribution in [1.82, 2.24) is 0 Å². The second-order valence-corrected chi connectivity index (χ2v) is 5.46. The number of halogens is 2. The molecule has 20 heavy (non-hydrogen) atoms. The molecule has 0 bridgehead atoms. The number of hydrogen-bond acceptors (Lipinski definition) is 1. The van der Waals surface area contributed by atoms with Crippen LogP contribution in [0.5, 0.6) is 0 Å². The minimum atomic E-state index is 0. The molecule has 4 heteroatoms.